The molecule has 13 aromatic carbocycles. The number of methoxy groups -OCH3 is 2. The molecule has 6 nitrogen and oxygen atoms in total. The minimum Gasteiger partial charge on any atom is -0.465 e. The minimum absolute atomic E-state index is 0.388. The lowest BCUT2D eigenvalue weighted by molar-refractivity contribution is 0.0592. The second-order valence-corrected chi connectivity index (χ2v) is 24.6. The molecule has 91 heavy (non-hydrogen) atoms. The summed E-state index contributed by atoms with van der Waals surface area (Å²) in [4.78, 5) is 39.7. The first-order valence-corrected chi connectivity index (χ1v) is 31.4. The van der Waals surface area contributed by atoms with Crippen LogP contribution in [-0.2, 0) is 20.3 Å². The largest absolute Gasteiger partial charge is 0.465 e. The van der Waals surface area contributed by atoms with E-state index < -0.39 is 10.8 Å². The second kappa shape index (κ2) is 21.2. The predicted octanol–water partition coefficient (Wildman–Crippen LogP) is 20.1. The summed E-state index contributed by atoms with van der Waals surface area (Å²) < 4.78 is 10.2. The van der Waals surface area contributed by atoms with Crippen LogP contribution in [0.3, 0.4) is 0 Å². The molecule has 0 unspecified atom stereocenters. The third-order valence-corrected chi connectivity index (χ3v) is 20.3. The van der Waals surface area contributed by atoms with Gasteiger partial charge in [0.1, 0.15) is 11.0 Å². The number of aromatic nitrogens is 2. The van der Waals surface area contributed by atoms with Crippen LogP contribution in [0.5, 0.6) is 0 Å². The highest BCUT2D eigenvalue weighted by molar-refractivity contribution is 7.21. The highest BCUT2D eigenvalue weighted by Crippen LogP contribution is 2.62. The number of fused-ring (bicyclic) bond motifs is 13. The van der Waals surface area contributed by atoms with Crippen molar-refractivity contribution in [2.45, 2.75) is 10.8 Å². The molecule has 0 radical (unpaired) electrons. The minimum atomic E-state index is -0.640. The Labute approximate surface area is 530 Å². The van der Waals surface area contributed by atoms with Gasteiger partial charge in [-0.25, -0.2) is 19.6 Å². The van der Waals surface area contributed by atoms with Crippen LogP contribution in [0, 0.1) is 0 Å². The molecule has 0 atom stereocenters. The van der Waals surface area contributed by atoms with Crippen LogP contribution >= 0.6 is 11.3 Å². The van der Waals surface area contributed by atoms with E-state index in [1.165, 1.54) is 81.0 Å². The van der Waals surface area contributed by atoms with Gasteiger partial charge in [-0.2, -0.15) is 0 Å². The van der Waals surface area contributed by atoms with Gasteiger partial charge < -0.3 is 9.47 Å². The van der Waals surface area contributed by atoms with Gasteiger partial charge in [-0.1, -0.05) is 255 Å². The van der Waals surface area contributed by atoms with Crippen molar-refractivity contribution in [2.75, 3.05) is 14.2 Å². The lowest BCUT2D eigenvalue weighted by Crippen LogP contribution is -2.28. The zero-order valence-corrected chi connectivity index (χ0v) is 50.5. The van der Waals surface area contributed by atoms with Gasteiger partial charge in [-0.15, -0.1) is 11.3 Å². The average Bonchev–Trinajstić information content (AvgIpc) is 1.56. The van der Waals surface area contributed by atoms with Crippen LogP contribution in [0.25, 0.3) is 109 Å². The van der Waals surface area contributed by atoms with E-state index in [0.29, 0.717) is 11.1 Å². The molecular weight excluding hydrogens is 1130 g/mol. The van der Waals surface area contributed by atoms with Crippen LogP contribution in [0.15, 0.2) is 291 Å². The molecule has 0 bridgehead atoms. The highest BCUT2D eigenvalue weighted by atomic mass is 32.1. The van der Waals surface area contributed by atoms with Gasteiger partial charge in [0.2, 0.25) is 0 Å². The maximum Gasteiger partial charge on any atom is 0.337 e. The monoisotopic (exact) mass is 1190 g/mol. The zero-order chi connectivity index (χ0) is 61.0. The molecule has 2 heterocycles. The van der Waals surface area contributed by atoms with E-state index in [1.54, 1.807) is 11.3 Å². The van der Waals surface area contributed by atoms with Crippen molar-refractivity contribution >= 4 is 66.9 Å². The Morgan fingerprint density at radius 2 is 0.626 bits per heavy atom. The Morgan fingerprint density at radius 3 is 0.989 bits per heavy atom. The summed E-state index contributed by atoms with van der Waals surface area (Å²) in [5, 5.41) is 3.94. The summed E-state index contributed by atoms with van der Waals surface area (Å²) in [6.45, 7) is 0. The number of carbonyl (C=O) groups is 2. The van der Waals surface area contributed by atoms with E-state index in [1.807, 2.05) is 48.5 Å². The zero-order valence-electron chi connectivity index (χ0n) is 49.6. The van der Waals surface area contributed by atoms with Gasteiger partial charge in [0.05, 0.1) is 57.0 Å². The van der Waals surface area contributed by atoms with E-state index in [2.05, 4.69) is 243 Å². The summed E-state index contributed by atoms with van der Waals surface area (Å²) in [7, 11) is 2.80. The van der Waals surface area contributed by atoms with Gasteiger partial charge in [-0.3, -0.25) is 0 Å². The number of esters is 2. The standard InChI is InChI=1S/C84H54N2O4S/c1-89-81(87)53-41-37-51(38-42-53)55-45-47-61-62-48-46-56(52-39-43-54(44-40-52)82(88)90-2)50-68(62)76-75(67(61)49-55)85-77-78(86-76)80(66-32-20-36-72-74(66)64-30-16-18-34-70(64)84(72,59-25-11-5-12-26-59)60-27-13-6-14-28-60)91-79(77)65-31-19-35-71-73(65)63-29-15-17-33-69(63)83(71,57-21-7-3-8-22-57)58-23-9-4-10-24-58/h3-50H,1-2H3. The van der Waals surface area contributed by atoms with Gasteiger partial charge >= 0.3 is 11.9 Å². The Balaban J connectivity index is 1.01. The Kier molecular flexibility index (Phi) is 12.5. The molecule has 0 saturated heterocycles. The molecule has 430 valence electrons. The van der Waals surface area contributed by atoms with E-state index in [4.69, 9.17) is 19.4 Å². The van der Waals surface area contributed by atoms with E-state index in [0.717, 1.165) is 86.7 Å². The number of ether oxygens (including phenoxy) is 2. The van der Waals surface area contributed by atoms with Crippen LogP contribution in [0.1, 0.15) is 65.2 Å². The molecule has 0 aliphatic heterocycles. The molecule has 15 aromatic rings. The smallest absolute Gasteiger partial charge is 0.337 e. The molecule has 2 aromatic heterocycles. The molecule has 2 aliphatic carbocycles. The molecule has 0 N–H and O–H groups in total. The van der Waals surface area contributed by atoms with Gasteiger partial charge in [0.25, 0.3) is 0 Å². The summed E-state index contributed by atoms with van der Waals surface area (Å²) in [6.07, 6.45) is 0. The number of carbonyl (C=O) groups excluding carboxylic acids is 2. The third-order valence-electron chi connectivity index (χ3n) is 19.1. The maximum atomic E-state index is 12.7. The van der Waals surface area contributed by atoms with Crippen molar-refractivity contribution < 1.29 is 19.1 Å². The van der Waals surface area contributed by atoms with Gasteiger partial charge in [0.15, 0.2) is 0 Å². The van der Waals surface area contributed by atoms with Crippen LogP contribution < -0.4 is 0 Å². The molecule has 0 saturated carbocycles. The topological polar surface area (TPSA) is 78.4 Å². The van der Waals surface area contributed by atoms with Crippen molar-refractivity contribution in [3.63, 3.8) is 0 Å². The molecule has 17 rings (SSSR count). The van der Waals surface area contributed by atoms with E-state index in [-0.39, 0.29) is 11.9 Å². The van der Waals surface area contributed by atoms with Gasteiger partial charge in [-0.05, 0) is 136 Å². The van der Waals surface area contributed by atoms with Crippen molar-refractivity contribution in [2.24, 2.45) is 0 Å². The highest BCUT2D eigenvalue weighted by Gasteiger charge is 2.49. The second-order valence-electron chi connectivity index (χ2n) is 23.5. The summed E-state index contributed by atoms with van der Waals surface area (Å²) in [6, 6.07) is 104. The molecular formula is C84H54N2O4S. The number of benzene rings is 13. The van der Waals surface area contributed by atoms with E-state index >= 15 is 0 Å². The van der Waals surface area contributed by atoms with Crippen LogP contribution in [0.4, 0.5) is 0 Å². The lowest BCUT2D eigenvalue weighted by atomic mass is 9.67. The molecule has 0 fully saturated rings. The number of rotatable bonds is 10. The molecule has 0 amide bonds. The average molecular weight is 1190 g/mol. The lowest BCUT2D eigenvalue weighted by Gasteiger charge is -2.34. The quantitative estimate of drug-likeness (QED) is 0.100. The first-order chi connectivity index (χ1) is 44.9. The fraction of sp³-hybridized carbons (Fsp3) is 0.0476. The number of hydrogen-bond acceptors (Lipinski definition) is 7. The SMILES string of the molecule is COC(=O)c1ccc(-c2ccc3c4ccc(-c5ccc(C(=O)OC)cc5)cc4c4nc5c(-c6cccc7c6-c6ccccc6C7(c6ccccc6)c6ccccc6)sc(-c6cccc7c6-c6ccccc6C7(c6ccccc6)c6ccccc6)c5nc4c3c2)cc1. The fourth-order valence-electron chi connectivity index (χ4n) is 15.2. The Morgan fingerprint density at radius 1 is 0.308 bits per heavy atom. The molecule has 7 heteroatoms. The van der Waals surface area contributed by atoms with Gasteiger partial charge in [0, 0.05) is 21.9 Å². The number of nitrogens with zero attached hydrogens (tertiary/aromatic N) is 2. The maximum absolute atomic E-state index is 12.7. The van der Waals surface area contributed by atoms with Crippen LogP contribution in [-0.4, -0.2) is 36.1 Å². The number of hydrogen-bond donors (Lipinski definition) is 0. The molecule has 0 spiro atoms. The first kappa shape index (κ1) is 53.8. The third kappa shape index (κ3) is 7.97. The summed E-state index contributed by atoms with van der Waals surface area (Å²) in [5.74, 6) is -0.775. The van der Waals surface area contributed by atoms with Crippen molar-refractivity contribution in [3.8, 4) is 65.4 Å². The normalized spacial score (nSPS) is 13.2. The summed E-state index contributed by atoms with van der Waals surface area (Å²) >= 11 is 1.78. The first-order valence-electron chi connectivity index (χ1n) is 30.6. The number of thiophene rings is 1. The Hall–Kier alpha value is -11.4. The van der Waals surface area contributed by atoms with Crippen molar-refractivity contribution in [1.29, 1.82) is 0 Å². The van der Waals surface area contributed by atoms with Crippen molar-refractivity contribution in [3.05, 3.63) is 347 Å². The van der Waals surface area contributed by atoms with E-state index in [9.17, 15) is 9.59 Å². The summed E-state index contributed by atoms with van der Waals surface area (Å²) in [5.41, 5.74) is 23.1. The predicted molar refractivity (Wildman–Crippen MR) is 369 cm³/mol. The van der Waals surface area contributed by atoms with Crippen LogP contribution in [0.2, 0.25) is 0 Å². The molecule has 2 aliphatic rings. The Bertz CT molecular complexity index is 5040. The fourth-order valence-corrected chi connectivity index (χ4v) is 16.4. The van der Waals surface area contributed by atoms with Crippen molar-refractivity contribution in [1.82, 2.24) is 9.97 Å².